The molecule has 1 fully saturated rings. The Labute approximate surface area is 155 Å². The van der Waals surface area contributed by atoms with Crippen molar-refractivity contribution < 1.29 is 9.53 Å². The summed E-state index contributed by atoms with van der Waals surface area (Å²) in [6, 6.07) is 15.7. The van der Waals surface area contributed by atoms with E-state index in [1.807, 2.05) is 43.3 Å². The first-order valence-corrected chi connectivity index (χ1v) is 9.10. The number of rotatable bonds is 6. The van der Waals surface area contributed by atoms with Crippen molar-refractivity contribution in [3.05, 3.63) is 59.7 Å². The third-order valence-corrected chi connectivity index (χ3v) is 4.79. The zero-order valence-electron chi connectivity index (χ0n) is 15.6. The Balaban J connectivity index is 1.54. The van der Waals surface area contributed by atoms with E-state index in [2.05, 4.69) is 27.2 Å². The van der Waals surface area contributed by atoms with E-state index in [0.717, 1.165) is 50.6 Å². The smallest absolute Gasteiger partial charge is 0.255 e. The van der Waals surface area contributed by atoms with E-state index in [-0.39, 0.29) is 5.91 Å². The molecule has 0 aliphatic carbocycles. The highest BCUT2D eigenvalue weighted by molar-refractivity contribution is 6.04. The van der Waals surface area contributed by atoms with Crippen molar-refractivity contribution in [1.29, 1.82) is 0 Å². The molecular formula is C21H27N3O2. The van der Waals surface area contributed by atoms with Crippen LogP contribution >= 0.6 is 0 Å². The first kappa shape index (κ1) is 18.4. The molecule has 1 aliphatic heterocycles. The summed E-state index contributed by atoms with van der Waals surface area (Å²) in [5.41, 5.74) is 3.84. The lowest BCUT2D eigenvalue weighted by atomic mass is 10.1. The average Bonchev–Trinajstić information content (AvgIpc) is 2.68. The molecule has 1 saturated heterocycles. The standard InChI is InChI=1S/C21H27N3O2/c1-17-3-5-18(6-4-17)21(25)22-19-7-9-20(10-8-19)24-13-11-23(12-14-24)15-16-26-2/h3-10H,11-16H2,1-2H3,(H,22,25). The van der Waals surface area contributed by atoms with E-state index < -0.39 is 0 Å². The molecule has 138 valence electrons. The highest BCUT2D eigenvalue weighted by Gasteiger charge is 2.16. The Morgan fingerprint density at radius 1 is 1.00 bits per heavy atom. The lowest BCUT2D eigenvalue weighted by Crippen LogP contribution is -2.47. The van der Waals surface area contributed by atoms with Gasteiger partial charge in [0.1, 0.15) is 0 Å². The molecule has 3 rings (SSSR count). The highest BCUT2D eigenvalue weighted by Crippen LogP contribution is 2.20. The highest BCUT2D eigenvalue weighted by atomic mass is 16.5. The summed E-state index contributed by atoms with van der Waals surface area (Å²) in [6.07, 6.45) is 0. The molecule has 0 radical (unpaired) electrons. The van der Waals surface area contributed by atoms with Crippen LogP contribution in [0.5, 0.6) is 0 Å². The fourth-order valence-electron chi connectivity index (χ4n) is 3.11. The van der Waals surface area contributed by atoms with Crippen LogP contribution in [0.3, 0.4) is 0 Å². The Kier molecular flexibility index (Phi) is 6.26. The summed E-state index contributed by atoms with van der Waals surface area (Å²) in [5.74, 6) is -0.0792. The molecule has 2 aromatic carbocycles. The maximum atomic E-state index is 12.3. The summed E-state index contributed by atoms with van der Waals surface area (Å²) >= 11 is 0. The second kappa shape index (κ2) is 8.83. The van der Waals surface area contributed by atoms with E-state index >= 15 is 0 Å². The van der Waals surface area contributed by atoms with Gasteiger partial charge in [0.05, 0.1) is 6.61 Å². The minimum absolute atomic E-state index is 0.0792. The Morgan fingerprint density at radius 2 is 1.65 bits per heavy atom. The summed E-state index contributed by atoms with van der Waals surface area (Å²) < 4.78 is 5.15. The number of hydrogen-bond acceptors (Lipinski definition) is 4. The van der Waals surface area contributed by atoms with Crippen molar-refractivity contribution in [1.82, 2.24) is 4.90 Å². The molecule has 5 heteroatoms. The van der Waals surface area contributed by atoms with Crippen LogP contribution in [0.15, 0.2) is 48.5 Å². The second-order valence-corrected chi connectivity index (χ2v) is 6.69. The number of nitrogens with zero attached hydrogens (tertiary/aromatic N) is 2. The van der Waals surface area contributed by atoms with Gasteiger partial charge < -0.3 is 15.0 Å². The minimum atomic E-state index is -0.0792. The molecule has 1 aliphatic rings. The Morgan fingerprint density at radius 3 is 2.27 bits per heavy atom. The summed E-state index contributed by atoms with van der Waals surface area (Å²) in [7, 11) is 1.75. The molecule has 1 amide bonds. The van der Waals surface area contributed by atoms with Gasteiger partial charge in [0.25, 0.3) is 5.91 Å². The van der Waals surface area contributed by atoms with E-state index in [1.165, 1.54) is 5.69 Å². The first-order chi connectivity index (χ1) is 12.7. The molecule has 0 saturated carbocycles. The van der Waals surface area contributed by atoms with Crippen molar-refractivity contribution in [3.63, 3.8) is 0 Å². The minimum Gasteiger partial charge on any atom is -0.383 e. The van der Waals surface area contributed by atoms with Gasteiger partial charge in [0.2, 0.25) is 0 Å². The maximum Gasteiger partial charge on any atom is 0.255 e. The topological polar surface area (TPSA) is 44.8 Å². The van der Waals surface area contributed by atoms with Gasteiger partial charge in [-0.1, -0.05) is 17.7 Å². The first-order valence-electron chi connectivity index (χ1n) is 9.10. The van der Waals surface area contributed by atoms with Gasteiger partial charge >= 0.3 is 0 Å². The summed E-state index contributed by atoms with van der Waals surface area (Å²) in [6.45, 7) is 7.92. The molecule has 1 heterocycles. The van der Waals surface area contributed by atoms with Crippen LogP contribution in [0.25, 0.3) is 0 Å². The molecule has 26 heavy (non-hydrogen) atoms. The van der Waals surface area contributed by atoms with Crippen LogP contribution in [-0.2, 0) is 4.74 Å². The number of aryl methyl sites for hydroxylation is 1. The van der Waals surface area contributed by atoms with E-state index in [0.29, 0.717) is 5.56 Å². The largest absolute Gasteiger partial charge is 0.383 e. The summed E-state index contributed by atoms with van der Waals surface area (Å²) in [4.78, 5) is 17.1. The Hall–Kier alpha value is -2.37. The van der Waals surface area contributed by atoms with Crippen LogP contribution < -0.4 is 10.2 Å². The van der Waals surface area contributed by atoms with Crippen molar-refractivity contribution >= 4 is 17.3 Å². The number of ether oxygens (including phenoxy) is 1. The fourth-order valence-corrected chi connectivity index (χ4v) is 3.11. The van der Waals surface area contributed by atoms with Crippen LogP contribution in [0.4, 0.5) is 11.4 Å². The molecule has 2 aromatic rings. The van der Waals surface area contributed by atoms with Crippen LogP contribution in [-0.4, -0.2) is 57.2 Å². The normalized spacial score (nSPS) is 15.1. The maximum absolute atomic E-state index is 12.3. The van der Waals surface area contributed by atoms with E-state index in [1.54, 1.807) is 7.11 Å². The monoisotopic (exact) mass is 353 g/mol. The molecular weight excluding hydrogens is 326 g/mol. The van der Waals surface area contributed by atoms with Gasteiger partial charge in [-0.3, -0.25) is 9.69 Å². The zero-order chi connectivity index (χ0) is 18.4. The molecule has 0 aromatic heterocycles. The van der Waals surface area contributed by atoms with Gasteiger partial charge in [-0.25, -0.2) is 0 Å². The van der Waals surface area contributed by atoms with Crippen molar-refractivity contribution in [2.75, 3.05) is 56.7 Å². The van der Waals surface area contributed by atoms with Crippen molar-refractivity contribution in [3.8, 4) is 0 Å². The number of piperazine rings is 1. The van der Waals surface area contributed by atoms with Gasteiger partial charge in [-0.2, -0.15) is 0 Å². The fraction of sp³-hybridized carbons (Fsp3) is 0.381. The average molecular weight is 353 g/mol. The lowest BCUT2D eigenvalue weighted by molar-refractivity contribution is 0.102. The number of nitrogens with one attached hydrogen (secondary N) is 1. The number of carbonyl (C=O) groups is 1. The molecule has 0 spiro atoms. The van der Waals surface area contributed by atoms with Gasteiger partial charge in [0.15, 0.2) is 0 Å². The Bertz CT molecular complexity index is 705. The molecule has 0 unspecified atom stereocenters. The predicted molar refractivity (Wildman–Crippen MR) is 106 cm³/mol. The van der Waals surface area contributed by atoms with Crippen LogP contribution in [0, 0.1) is 6.92 Å². The number of amides is 1. The molecule has 1 N–H and O–H groups in total. The van der Waals surface area contributed by atoms with E-state index in [9.17, 15) is 4.79 Å². The second-order valence-electron chi connectivity index (χ2n) is 6.69. The third-order valence-electron chi connectivity index (χ3n) is 4.79. The summed E-state index contributed by atoms with van der Waals surface area (Å²) in [5, 5.41) is 2.96. The number of methoxy groups -OCH3 is 1. The van der Waals surface area contributed by atoms with Gasteiger partial charge in [0, 0.05) is 56.8 Å². The number of benzene rings is 2. The zero-order valence-corrected chi connectivity index (χ0v) is 15.6. The molecule has 0 atom stereocenters. The SMILES string of the molecule is COCCN1CCN(c2ccc(NC(=O)c3ccc(C)cc3)cc2)CC1. The third kappa shape index (κ3) is 4.84. The number of carbonyl (C=O) groups excluding carboxylic acids is 1. The molecule has 5 nitrogen and oxygen atoms in total. The van der Waals surface area contributed by atoms with Gasteiger partial charge in [-0.15, -0.1) is 0 Å². The van der Waals surface area contributed by atoms with E-state index in [4.69, 9.17) is 4.74 Å². The number of anilines is 2. The van der Waals surface area contributed by atoms with Gasteiger partial charge in [-0.05, 0) is 43.3 Å². The molecule has 0 bridgehead atoms. The number of hydrogen-bond donors (Lipinski definition) is 1. The lowest BCUT2D eigenvalue weighted by Gasteiger charge is -2.36. The van der Waals surface area contributed by atoms with Crippen LogP contribution in [0.1, 0.15) is 15.9 Å². The van der Waals surface area contributed by atoms with Crippen molar-refractivity contribution in [2.24, 2.45) is 0 Å². The van der Waals surface area contributed by atoms with Crippen LogP contribution in [0.2, 0.25) is 0 Å². The predicted octanol–water partition coefficient (Wildman–Crippen LogP) is 3.02. The quantitative estimate of drug-likeness (QED) is 0.867. The van der Waals surface area contributed by atoms with Crippen molar-refractivity contribution in [2.45, 2.75) is 6.92 Å².